The number of carbonyl (C=O) groups excluding carboxylic acids is 1. The molecule has 1 aliphatic heterocycles. The number of rotatable bonds is 5. The molecule has 0 bridgehead atoms. The van der Waals surface area contributed by atoms with Gasteiger partial charge >= 0.3 is 0 Å². The lowest BCUT2D eigenvalue weighted by atomic mass is 10.0. The van der Waals surface area contributed by atoms with E-state index in [0.29, 0.717) is 18.8 Å². The molecule has 3 heterocycles. The van der Waals surface area contributed by atoms with E-state index in [1.54, 1.807) is 7.11 Å². The van der Waals surface area contributed by atoms with E-state index < -0.39 is 0 Å². The Bertz CT molecular complexity index is 1050. The minimum Gasteiger partial charge on any atom is -0.488 e. The molecule has 1 amide bonds. The summed E-state index contributed by atoms with van der Waals surface area (Å²) >= 11 is 0. The van der Waals surface area contributed by atoms with Crippen molar-refractivity contribution in [2.75, 3.05) is 20.2 Å². The van der Waals surface area contributed by atoms with Crippen LogP contribution in [0.2, 0.25) is 0 Å². The highest BCUT2D eigenvalue weighted by Gasteiger charge is 2.26. The quantitative estimate of drug-likeness (QED) is 0.658. The van der Waals surface area contributed by atoms with Crippen LogP contribution in [0.25, 0.3) is 22.0 Å². The van der Waals surface area contributed by atoms with Crippen molar-refractivity contribution in [1.82, 2.24) is 14.9 Å². The molecule has 1 fully saturated rings. The van der Waals surface area contributed by atoms with Gasteiger partial charge in [0.05, 0.1) is 19.2 Å². The van der Waals surface area contributed by atoms with Crippen molar-refractivity contribution in [3.05, 3.63) is 48.3 Å². The lowest BCUT2D eigenvalue weighted by Crippen LogP contribution is -2.30. The minimum absolute atomic E-state index is 0.0213. The molecule has 6 nitrogen and oxygen atoms in total. The summed E-state index contributed by atoms with van der Waals surface area (Å²) in [6, 6.07) is 10.0. The Labute approximate surface area is 170 Å². The molecule has 1 aromatic carbocycles. The van der Waals surface area contributed by atoms with Gasteiger partial charge in [0, 0.05) is 48.3 Å². The topological polar surface area (TPSA) is 64.6 Å². The van der Waals surface area contributed by atoms with E-state index in [4.69, 9.17) is 9.47 Å². The van der Waals surface area contributed by atoms with Gasteiger partial charge in [0.25, 0.3) is 0 Å². The van der Waals surface area contributed by atoms with Crippen LogP contribution in [0.5, 0.6) is 11.6 Å². The van der Waals surface area contributed by atoms with E-state index in [2.05, 4.69) is 16.0 Å². The van der Waals surface area contributed by atoms with Crippen LogP contribution in [-0.4, -0.2) is 47.1 Å². The number of ether oxygens (including phenoxy) is 2. The van der Waals surface area contributed by atoms with Gasteiger partial charge in [-0.05, 0) is 42.8 Å². The number of benzene rings is 1. The van der Waals surface area contributed by atoms with Crippen LogP contribution in [0.15, 0.2) is 42.7 Å². The Morgan fingerprint density at radius 2 is 2.10 bits per heavy atom. The van der Waals surface area contributed by atoms with Crippen molar-refractivity contribution in [2.24, 2.45) is 0 Å². The number of nitrogens with zero attached hydrogens (tertiary/aromatic N) is 3. The maximum atomic E-state index is 11.9. The molecule has 3 aromatic rings. The number of hydrogen-bond donors (Lipinski definition) is 0. The molecule has 1 saturated heterocycles. The van der Waals surface area contributed by atoms with Gasteiger partial charge in [0.15, 0.2) is 0 Å². The maximum Gasteiger partial charge on any atom is 0.222 e. The van der Waals surface area contributed by atoms with Crippen LogP contribution < -0.4 is 9.47 Å². The van der Waals surface area contributed by atoms with Crippen molar-refractivity contribution in [3.63, 3.8) is 0 Å². The van der Waals surface area contributed by atoms with E-state index in [1.807, 2.05) is 55.4 Å². The predicted molar refractivity (Wildman–Crippen MR) is 112 cm³/mol. The number of carbonyl (C=O) groups is 1. The SMILES string of the molecule is CCC(=O)N1CCC(Oc2ccc3nccc(-c4cnc(OC)c(C)c4)c3c2)C1. The summed E-state index contributed by atoms with van der Waals surface area (Å²) in [6.45, 7) is 5.28. The van der Waals surface area contributed by atoms with Crippen LogP contribution in [-0.2, 0) is 4.79 Å². The fraction of sp³-hybridized carbons (Fsp3) is 0.348. The normalized spacial score (nSPS) is 16.2. The molecule has 0 radical (unpaired) electrons. The lowest BCUT2D eigenvalue weighted by molar-refractivity contribution is -0.130. The fourth-order valence-corrected chi connectivity index (χ4v) is 3.84. The van der Waals surface area contributed by atoms with Gasteiger partial charge < -0.3 is 14.4 Å². The number of pyridine rings is 2. The second-order valence-corrected chi connectivity index (χ2v) is 7.31. The number of aryl methyl sites for hydroxylation is 1. The number of hydrogen-bond acceptors (Lipinski definition) is 5. The van der Waals surface area contributed by atoms with E-state index >= 15 is 0 Å². The molecule has 150 valence electrons. The molecule has 0 N–H and O–H groups in total. The standard InChI is InChI=1S/C23H25N3O3/c1-4-22(27)26-10-8-18(14-26)29-17-5-6-21-20(12-17)19(7-9-24-21)16-11-15(2)23(28-3)25-13-16/h5-7,9,11-13,18H,4,8,10,14H2,1-3H3. The average molecular weight is 391 g/mol. The van der Waals surface area contributed by atoms with Gasteiger partial charge in [-0.15, -0.1) is 0 Å². The molecule has 6 heteroatoms. The zero-order chi connectivity index (χ0) is 20.4. The number of fused-ring (bicyclic) bond motifs is 1. The maximum absolute atomic E-state index is 11.9. The van der Waals surface area contributed by atoms with Crippen molar-refractivity contribution in [1.29, 1.82) is 0 Å². The van der Waals surface area contributed by atoms with Crippen molar-refractivity contribution >= 4 is 16.8 Å². The van der Waals surface area contributed by atoms with Crippen molar-refractivity contribution in [2.45, 2.75) is 32.8 Å². The first-order valence-electron chi connectivity index (χ1n) is 9.93. The molecule has 29 heavy (non-hydrogen) atoms. The molecule has 0 spiro atoms. The first-order valence-corrected chi connectivity index (χ1v) is 9.93. The minimum atomic E-state index is 0.0213. The van der Waals surface area contributed by atoms with Gasteiger partial charge in [0.2, 0.25) is 11.8 Å². The van der Waals surface area contributed by atoms with Gasteiger partial charge in [-0.3, -0.25) is 9.78 Å². The van der Waals surface area contributed by atoms with E-state index in [0.717, 1.165) is 46.3 Å². The average Bonchev–Trinajstić information content (AvgIpc) is 3.21. The summed E-state index contributed by atoms with van der Waals surface area (Å²) in [6.07, 6.45) is 5.04. The van der Waals surface area contributed by atoms with Crippen LogP contribution in [0.4, 0.5) is 0 Å². The highest BCUT2D eigenvalue weighted by atomic mass is 16.5. The second-order valence-electron chi connectivity index (χ2n) is 7.31. The lowest BCUT2D eigenvalue weighted by Gasteiger charge is -2.17. The summed E-state index contributed by atoms with van der Waals surface area (Å²) in [4.78, 5) is 22.7. The summed E-state index contributed by atoms with van der Waals surface area (Å²) in [5.74, 6) is 1.60. The predicted octanol–water partition coefficient (Wildman–Crippen LogP) is 4.00. The molecular weight excluding hydrogens is 366 g/mol. The largest absolute Gasteiger partial charge is 0.488 e. The summed E-state index contributed by atoms with van der Waals surface area (Å²) in [5, 5.41) is 1.01. The smallest absolute Gasteiger partial charge is 0.222 e. The highest BCUT2D eigenvalue weighted by molar-refractivity contribution is 5.95. The van der Waals surface area contributed by atoms with Gasteiger partial charge in [-0.25, -0.2) is 4.98 Å². The molecule has 1 unspecified atom stereocenters. The Kier molecular flexibility index (Phi) is 5.34. The Hall–Kier alpha value is -3.15. The zero-order valence-electron chi connectivity index (χ0n) is 17.0. The third kappa shape index (κ3) is 3.88. The molecule has 4 rings (SSSR count). The van der Waals surface area contributed by atoms with Gasteiger partial charge in [-0.2, -0.15) is 0 Å². The third-order valence-corrected chi connectivity index (χ3v) is 5.35. The van der Waals surface area contributed by atoms with Crippen molar-refractivity contribution < 1.29 is 14.3 Å². The van der Waals surface area contributed by atoms with E-state index in [1.165, 1.54) is 0 Å². The van der Waals surface area contributed by atoms with Gasteiger partial charge in [0.1, 0.15) is 11.9 Å². The van der Waals surface area contributed by atoms with Crippen LogP contribution in [0.1, 0.15) is 25.3 Å². The third-order valence-electron chi connectivity index (χ3n) is 5.35. The van der Waals surface area contributed by atoms with E-state index in [-0.39, 0.29) is 12.0 Å². The summed E-state index contributed by atoms with van der Waals surface area (Å²) in [7, 11) is 1.62. The van der Waals surface area contributed by atoms with Crippen molar-refractivity contribution in [3.8, 4) is 22.8 Å². The van der Waals surface area contributed by atoms with Gasteiger partial charge in [-0.1, -0.05) is 6.92 Å². The summed E-state index contributed by atoms with van der Waals surface area (Å²) in [5.41, 5.74) is 3.94. The second kappa shape index (κ2) is 8.07. The highest BCUT2D eigenvalue weighted by Crippen LogP contribution is 2.32. The Morgan fingerprint density at radius 1 is 1.24 bits per heavy atom. The monoisotopic (exact) mass is 391 g/mol. The molecule has 0 saturated carbocycles. The molecule has 1 aliphatic rings. The molecule has 1 atom stereocenters. The Morgan fingerprint density at radius 3 is 2.86 bits per heavy atom. The first-order chi connectivity index (χ1) is 14.1. The summed E-state index contributed by atoms with van der Waals surface area (Å²) < 4.78 is 11.5. The van der Waals surface area contributed by atoms with E-state index in [9.17, 15) is 4.79 Å². The number of amides is 1. The number of aromatic nitrogens is 2. The van der Waals surface area contributed by atoms with Crippen LogP contribution in [0.3, 0.4) is 0 Å². The molecule has 2 aromatic heterocycles. The fourth-order valence-electron chi connectivity index (χ4n) is 3.84. The van der Waals surface area contributed by atoms with Crippen LogP contribution in [0, 0.1) is 6.92 Å². The number of methoxy groups -OCH3 is 1. The van der Waals surface area contributed by atoms with Crippen LogP contribution >= 0.6 is 0 Å². The zero-order valence-corrected chi connectivity index (χ0v) is 17.0. The number of likely N-dealkylation sites (tertiary alicyclic amines) is 1. The molecule has 0 aliphatic carbocycles. The Balaban J connectivity index is 1.63. The molecular formula is C23H25N3O3. The first kappa shape index (κ1) is 19.2.